The molecule has 2 rings (SSSR count). The van der Waals surface area contributed by atoms with Crippen LogP contribution in [0.25, 0.3) is 0 Å². The smallest absolute Gasteiger partial charge is 0.408 e. The summed E-state index contributed by atoms with van der Waals surface area (Å²) in [5, 5.41) is 10.7. The summed E-state index contributed by atoms with van der Waals surface area (Å²) >= 11 is 5.72. The zero-order valence-electron chi connectivity index (χ0n) is 17.1. The first-order valence-corrected chi connectivity index (χ1v) is 12.5. The van der Waals surface area contributed by atoms with E-state index in [4.69, 9.17) is 16.3 Å². The van der Waals surface area contributed by atoms with Crippen molar-refractivity contribution in [3.05, 3.63) is 42.5 Å². The second-order valence-electron chi connectivity index (χ2n) is 7.66. The average Bonchev–Trinajstić information content (AvgIpc) is 2.67. The molecule has 0 radical (unpaired) electrons. The monoisotopic (exact) mass is 490 g/mol. The van der Waals surface area contributed by atoms with E-state index in [1.54, 1.807) is 26.8 Å². The third-order valence-electron chi connectivity index (χ3n) is 4.08. The van der Waals surface area contributed by atoms with Crippen molar-refractivity contribution in [3.63, 3.8) is 0 Å². The van der Waals surface area contributed by atoms with Gasteiger partial charge in [0.05, 0.1) is 4.90 Å². The minimum atomic E-state index is -4.00. The number of carbonyl (C=O) groups is 3. The van der Waals surface area contributed by atoms with E-state index in [0.29, 0.717) is 10.8 Å². The highest BCUT2D eigenvalue weighted by Gasteiger charge is 2.56. The first-order chi connectivity index (χ1) is 14.3. The Hall–Kier alpha value is -2.24. The van der Waals surface area contributed by atoms with Crippen LogP contribution in [0.2, 0.25) is 0 Å². The van der Waals surface area contributed by atoms with Crippen molar-refractivity contribution in [2.45, 2.75) is 48.7 Å². The molecule has 0 aromatic heterocycles. The van der Waals surface area contributed by atoms with E-state index in [9.17, 15) is 27.9 Å². The number of amides is 2. The van der Waals surface area contributed by atoms with Gasteiger partial charge in [-0.05, 0) is 38.5 Å². The number of hydrogen-bond donors (Lipinski definition) is 2. The summed E-state index contributed by atoms with van der Waals surface area (Å²) < 4.78 is 30.9. The molecule has 3 atom stereocenters. The highest BCUT2D eigenvalue weighted by molar-refractivity contribution is 8.72. The minimum Gasteiger partial charge on any atom is -0.479 e. The number of alkyl carbamates (subject to hydrolysis) is 1. The molecule has 0 spiro atoms. The maximum atomic E-state index is 12.9. The van der Waals surface area contributed by atoms with Gasteiger partial charge < -0.3 is 20.1 Å². The lowest BCUT2D eigenvalue weighted by Crippen LogP contribution is -2.73. The highest BCUT2D eigenvalue weighted by Crippen LogP contribution is 2.39. The first-order valence-electron chi connectivity index (χ1n) is 9.05. The number of halogens is 1. The minimum absolute atomic E-state index is 0.000874. The molecule has 1 heterocycles. The SMILES string of the molecule is C=C(CCl)C(C(=O)O)N1C(=O)C(NC(=O)OC(C)(C)C)C1SS(=O)(=O)c1ccccc1. The quantitative estimate of drug-likeness (QED) is 0.246. The molecule has 1 aromatic carbocycles. The third kappa shape index (κ3) is 5.92. The van der Waals surface area contributed by atoms with Gasteiger partial charge in [-0.2, -0.15) is 0 Å². The van der Waals surface area contributed by atoms with Gasteiger partial charge in [-0.15, -0.1) is 11.6 Å². The van der Waals surface area contributed by atoms with Crippen molar-refractivity contribution in [2.75, 3.05) is 5.88 Å². The molecule has 1 aliphatic rings. The van der Waals surface area contributed by atoms with Gasteiger partial charge in [0, 0.05) is 16.7 Å². The normalized spacial score (nSPS) is 19.9. The molecule has 2 N–H and O–H groups in total. The maximum Gasteiger partial charge on any atom is 0.408 e. The number of hydrogen-bond acceptors (Lipinski definition) is 7. The van der Waals surface area contributed by atoms with E-state index in [0.717, 1.165) is 4.90 Å². The van der Waals surface area contributed by atoms with Crippen molar-refractivity contribution < 1.29 is 32.6 Å². The van der Waals surface area contributed by atoms with Crippen LogP contribution in [0.1, 0.15) is 20.8 Å². The van der Waals surface area contributed by atoms with Gasteiger partial charge in [-0.25, -0.2) is 18.0 Å². The Labute approximate surface area is 189 Å². The number of nitrogens with one attached hydrogen (secondary N) is 1. The first kappa shape index (κ1) is 25.0. The van der Waals surface area contributed by atoms with Gasteiger partial charge in [0.25, 0.3) is 0 Å². The zero-order valence-corrected chi connectivity index (χ0v) is 19.5. The lowest BCUT2D eigenvalue weighted by Gasteiger charge is -2.48. The lowest BCUT2D eigenvalue weighted by molar-refractivity contribution is -0.158. The van der Waals surface area contributed by atoms with Crippen LogP contribution in [-0.4, -0.2) is 65.3 Å². The van der Waals surface area contributed by atoms with Crippen LogP contribution < -0.4 is 5.32 Å². The van der Waals surface area contributed by atoms with E-state index in [1.165, 1.54) is 24.3 Å². The molecule has 3 unspecified atom stereocenters. The second kappa shape index (κ2) is 9.49. The molecule has 9 nitrogen and oxygen atoms in total. The van der Waals surface area contributed by atoms with Crippen molar-refractivity contribution in [2.24, 2.45) is 0 Å². The van der Waals surface area contributed by atoms with Gasteiger partial charge >= 0.3 is 12.1 Å². The van der Waals surface area contributed by atoms with E-state index in [2.05, 4.69) is 11.9 Å². The maximum absolute atomic E-state index is 12.9. The van der Waals surface area contributed by atoms with Crippen LogP contribution >= 0.6 is 22.4 Å². The highest BCUT2D eigenvalue weighted by atomic mass is 35.5. The number of rotatable bonds is 8. The number of nitrogens with zero attached hydrogens (tertiary/aromatic N) is 1. The predicted molar refractivity (Wildman–Crippen MR) is 116 cm³/mol. The van der Waals surface area contributed by atoms with Crippen molar-refractivity contribution >= 4 is 49.2 Å². The van der Waals surface area contributed by atoms with Gasteiger partial charge in [0.1, 0.15) is 17.0 Å². The number of likely N-dealkylation sites (tertiary alicyclic amines) is 1. The molecule has 1 fully saturated rings. The number of carboxylic acid groups (broad SMARTS) is 1. The van der Waals surface area contributed by atoms with Crippen LogP contribution in [0, 0.1) is 0 Å². The van der Waals surface area contributed by atoms with Gasteiger partial charge in [0.15, 0.2) is 6.04 Å². The second-order valence-corrected chi connectivity index (χ2v) is 11.9. The van der Waals surface area contributed by atoms with Gasteiger partial charge in [-0.3, -0.25) is 4.79 Å². The van der Waals surface area contributed by atoms with Crippen LogP contribution in [0.4, 0.5) is 4.79 Å². The molecule has 0 bridgehead atoms. The number of ether oxygens (including phenoxy) is 1. The summed E-state index contributed by atoms with van der Waals surface area (Å²) in [6.45, 7) is 8.45. The van der Waals surface area contributed by atoms with Crippen molar-refractivity contribution in [1.29, 1.82) is 0 Å². The molecule has 1 aromatic rings. The fourth-order valence-electron chi connectivity index (χ4n) is 2.77. The fraction of sp³-hybridized carbons (Fsp3) is 0.421. The molecule has 31 heavy (non-hydrogen) atoms. The molecule has 2 amide bonds. The summed E-state index contributed by atoms with van der Waals surface area (Å²) in [5.74, 6) is -2.46. The predicted octanol–water partition coefficient (Wildman–Crippen LogP) is 2.42. The molecular formula is C19H23ClN2O7S2. The van der Waals surface area contributed by atoms with Crippen LogP contribution in [-0.2, 0) is 23.2 Å². The fourth-order valence-corrected chi connectivity index (χ4v) is 6.44. The van der Waals surface area contributed by atoms with E-state index in [1.807, 2.05) is 0 Å². The Morgan fingerprint density at radius 3 is 2.39 bits per heavy atom. The average molecular weight is 491 g/mol. The third-order valence-corrected chi connectivity index (χ3v) is 8.15. The van der Waals surface area contributed by atoms with Gasteiger partial charge in [0.2, 0.25) is 14.8 Å². The largest absolute Gasteiger partial charge is 0.479 e. The molecule has 1 saturated heterocycles. The zero-order chi connectivity index (χ0) is 23.6. The molecule has 12 heteroatoms. The van der Waals surface area contributed by atoms with Crippen LogP contribution in [0.5, 0.6) is 0 Å². The Morgan fingerprint density at radius 1 is 1.32 bits per heavy atom. The number of aliphatic carboxylic acids is 1. The number of carbonyl (C=O) groups excluding carboxylic acids is 2. The Balaban J connectivity index is 2.38. The Morgan fingerprint density at radius 2 is 1.90 bits per heavy atom. The Bertz CT molecular complexity index is 977. The summed E-state index contributed by atoms with van der Waals surface area (Å²) in [5.41, 5.74) is -0.854. The summed E-state index contributed by atoms with van der Waals surface area (Å²) in [6, 6.07) is 4.58. The van der Waals surface area contributed by atoms with Crippen LogP contribution in [0.3, 0.4) is 0 Å². The number of β-lactam (4-membered cyclic amide) rings is 1. The van der Waals surface area contributed by atoms with Crippen molar-refractivity contribution in [3.8, 4) is 0 Å². The molecule has 0 saturated carbocycles. The number of alkyl halides is 1. The molecule has 1 aliphatic heterocycles. The van der Waals surface area contributed by atoms with E-state index < -0.39 is 49.9 Å². The van der Waals surface area contributed by atoms with E-state index >= 15 is 0 Å². The molecule has 0 aliphatic carbocycles. The number of carboxylic acids is 1. The topological polar surface area (TPSA) is 130 Å². The lowest BCUT2D eigenvalue weighted by atomic mass is 9.99. The summed E-state index contributed by atoms with van der Waals surface area (Å²) in [4.78, 5) is 37.5. The standard InChI is InChI=1S/C19H23ClN2O7S2/c1-11(10-20)14(17(24)25)22-15(23)13(21-18(26)29-19(2,3)4)16(22)30-31(27,28)12-8-6-5-7-9-12/h5-9,13-14,16H,1,10H2,2-4H3,(H,21,26)(H,24,25). The number of benzene rings is 1. The Kier molecular flexibility index (Phi) is 7.66. The molecule has 170 valence electrons. The van der Waals surface area contributed by atoms with Crippen molar-refractivity contribution in [1.82, 2.24) is 10.2 Å². The molecular weight excluding hydrogens is 468 g/mol. The van der Waals surface area contributed by atoms with Crippen LogP contribution in [0.15, 0.2) is 47.4 Å². The summed E-state index contributed by atoms with van der Waals surface area (Å²) in [6.07, 6.45) is -0.934. The van der Waals surface area contributed by atoms with E-state index in [-0.39, 0.29) is 16.3 Å². The summed E-state index contributed by atoms with van der Waals surface area (Å²) in [7, 11) is -3.64. The van der Waals surface area contributed by atoms with Gasteiger partial charge in [-0.1, -0.05) is 24.8 Å².